The molecule has 0 saturated carbocycles. The van der Waals surface area contributed by atoms with Crippen molar-refractivity contribution in [3.63, 3.8) is 0 Å². The molecule has 1 saturated heterocycles. The van der Waals surface area contributed by atoms with Crippen molar-refractivity contribution in [3.8, 4) is 0 Å². The minimum atomic E-state index is 0.713. The highest BCUT2D eigenvalue weighted by atomic mass is 15.3. The number of nitrogens with one attached hydrogen (secondary N) is 1. The SMILES string of the molecule is CCCNCC(C)CN1CCN(C)C(C)C1. The molecule has 0 spiro atoms. The summed E-state index contributed by atoms with van der Waals surface area (Å²) in [5.74, 6) is 0.766. The van der Waals surface area contributed by atoms with Crippen molar-refractivity contribution < 1.29 is 0 Å². The second-order valence-corrected chi connectivity index (χ2v) is 5.40. The van der Waals surface area contributed by atoms with E-state index in [1.165, 1.54) is 32.6 Å². The lowest BCUT2D eigenvalue weighted by molar-refractivity contribution is 0.0942. The monoisotopic (exact) mass is 227 g/mol. The van der Waals surface area contributed by atoms with Crippen molar-refractivity contribution in [3.05, 3.63) is 0 Å². The zero-order valence-electron chi connectivity index (χ0n) is 11.5. The molecule has 96 valence electrons. The molecule has 0 aromatic carbocycles. The minimum absolute atomic E-state index is 0.713. The van der Waals surface area contributed by atoms with E-state index in [0.717, 1.165) is 19.0 Å². The second kappa shape index (κ2) is 7.25. The van der Waals surface area contributed by atoms with Crippen LogP contribution in [0, 0.1) is 5.92 Å². The van der Waals surface area contributed by atoms with Crippen molar-refractivity contribution in [2.45, 2.75) is 33.2 Å². The van der Waals surface area contributed by atoms with Crippen LogP contribution in [-0.4, -0.2) is 62.2 Å². The fourth-order valence-electron chi connectivity index (χ4n) is 2.32. The first-order chi connectivity index (χ1) is 7.63. The van der Waals surface area contributed by atoms with E-state index in [1.54, 1.807) is 0 Å². The molecule has 1 N–H and O–H groups in total. The Hall–Kier alpha value is -0.120. The molecule has 1 aliphatic rings. The molecular formula is C13H29N3. The summed E-state index contributed by atoms with van der Waals surface area (Å²) >= 11 is 0. The van der Waals surface area contributed by atoms with Crippen LogP contribution in [-0.2, 0) is 0 Å². The van der Waals surface area contributed by atoms with E-state index >= 15 is 0 Å². The van der Waals surface area contributed by atoms with E-state index in [1.807, 2.05) is 0 Å². The molecule has 1 fully saturated rings. The van der Waals surface area contributed by atoms with Gasteiger partial charge in [0, 0.05) is 32.2 Å². The molecule has 1 rings (SSSR count). The van der Waals surface area contributed by atoms with Gasteiger partial charge in [0.2, 0.25) is 0 Å². The highest BCUT2D eigenvalue weighted by molar-refractivity contribution is 4.77. The van der Waals surface area contributed by atoms with E-state index in [-0.39, 0.29) is 0 Å². The van der Waals surface area contributed by atoms with Gasteiger partial charge in [0.15, 0.2) is 0 Å². The average Bonchev–Trinajstić information content (AvgIpc) is 2.24. The van der Waals surface area contributed by atoms with Crippen molar-refractivity contribution in [2.24, 2.45) is 5.92 Å². The molecule has 0 bridgehead atoms. The Balaban J connectivity index is 2.16. The number of piperazine rings is 1. The van der Waals surface area contributed by atoms with Crippen molar-refractivity contribution in [1.82, 2.24) is 15.1 Å². The Morgan fingerprint density at radius 1 is 1.38 bits per heavy atom. The molecule has 3 heteroatoms. The van der Waals surface area contributed by atoms with Crippen LogP contribution in [0.1, 0.15) is 27.2 Å². The largest absolute Gasteiger partial charge is 0.316 e. The summed E-state index contributed by atoms with van der Waals surface area (Å²) in [6.07, 6.45) is 1.23. The molecule has 0 aliphatic carbocycles. The number of rotatable bonds is 6. The Kier molecular flexibility index (Phi) is 6.32. The van der Waals surface area contributed by atoms with Crippen molar-refractivity contribution >= 4 is 0 Å². The molecule has 0 radical (unpaired) electrons. The molecule has 0 aromatic heterocycles. The van der Waals surface area contributed by atoms with Gasteiger partial charge in [-0.15, -0.1) is 0 Å². The van der Waals surface area contributed by atoms with Crippen molar-refractivity contribution in [2.75, 3.05) is 46.3 Å². The summed E-state index contributed by atoms with van der Waals surface area (Å²) in [7, 11) is 2.23. The smallest absolute Gasteiger partial charge is 0.0192 e. The summed E-state index contributed by atoms with van der Waals surface area (Å²) in [6.45, 7) is 14.1. The average molecular weight is 227 g/mol. The van der Waals surface area contributed by atoms with Gasteiger partial charge in [0.1, 0.15) is 0 Å². The third-order valence-electron chi connectivity index (χ3n) is 3.53. The standard InChI is InChI=1S/C13H29N3/c1-5-6-14-9-12(2)10-16-8-7-15(4)13(3)11-16/h12-14H,5-11H2,1-4H3. The number of hydrogen-bond acceptors (Lipinski definition) is 3. The fourth-order valence-corrected chi connectivity index (χ4v) is 2.32. The van der Waals surface area contributed by atoms with Gasteiger partial charge in [-0.3, -0.25) is 0 Å². The zero-order chi connectivity index (χ0) is 12.0. The van der Waals surface area contributed by atoms with E-state index in [2.05, 4.69) is 42.9 Å². The Bertz CT molecular complexity index is 184. The lowest BCUT2D eigenvalue weighted by atomic mass is 10.1. The second-order valence-electron chi connectivity index (χ2n) is 5.40. The van der Waals surface area contributed by atoms with Crippen LogP contribution < -0.4 is 5.32 Å². The number of nitrogens with zero attached hydrogens (tertiary/aromatic N) is 2. The van der Waals surface area contributed by atoms with Gasteiger partial charge < -0.3 is 15.1 Å². The molecule has 2 atom stereocenters. The first kappa shape index (κ1) is 13.9. The maximum atomic E-state index is 3.51. The topological polar surface area (TPSA) is 18.5 Å². The Morgan fingerprint density at radius 3 is 2.75 bits per heavy atom. The van der Waals surface area contributed by atoms with Gasteiger partial charge in [-0.05, 0) is 39.4 Å². The quantitative estimate of drug-likeness (QED) is 0.689. The molecular weight excluding hydrogens is 198 g/mol. The van der Waals surface area contributed by atoms with E-state index in [9.17, 15) is 0 Å². The summed E-state index contributed by atoms with van der Waals surface area (Å²) in [5, 5.41) is 3.51. The number of hydrogen-bond donors (Lipinski definition) is 1. The van der Waals surface area contributed by atoms with Crippen LogP contribution in [0.3, 0.4) is 0 Å². The van der Waals surface area contributed by atoms with E-state index in [0.29, 0.717) is 6.04 Å². The summed E-state index contributed by atoms with van der Waals surface area (Å²) in [6, 6.07) is 0.713. The molecule has 1 heterocycles. The predicted molar refractivity (Wildman–Crippen MR) is 70.9 cm³/mol. The summed E-state index contributed by atoms with van der Waals surface area (Å²) < 4.78 is 0. The normalized spacial score (nSPS) is 25.9. The van der Waals surface area contributed by atoms with Gasteiger partial charge in [-0.1, -0.05) is 13.8 Å². The maximum Gasteiger partial charge on any atom is 0.0192 e. The third kappa shape index (κ3) is 4.81. The number of likely N-dealkylation sites (N-methyl/N-ethyl adjacent to an activating group) is 1. The summed E-state index contributed by atoms with van der Waals surface area (Å²) in [4.78, 5) is 5.07. The third-order valence-corrected chi connectivity index (χ3v) is 3.53. The highest BCUT2D eigenvalue weighted by Gasteiger charge is 2.21. The molecule has 1 aliphatic heterocycles. The predicted octanol–water partition coefficient (Wildman–Crippen LogP) is 1.26. The van der Waals surface area contributed by atoms with Gasteiger partial charge in [0.25, 0.3) is 0 Å². The van der Waals surface area contributed by atoms with E-state index in [4.69, 9.17) is 0 Å². The molecule has 3 nitrogen and oxygen atoms in total. The lowest BCUT2D eigenvalue weighted by Gasteiger charge is -2.38. The van der Waals surface area contributed by atoms with Gasteiger partial charge in [0.05, 0.1) is 0 Å². The fraction of sp³-hybridized carbons (Fsp3) is 1.00. The van der Waals surface area contributed by atoms with E-state index < -0.39 is 0 Å². The zero-order valence-corrected chi connectivity index (χ0v) is 11.5. The Morgan fingerprint density at radius 2 is 2.12 bits per heavy atom. The Labute approximate surface area is 101 Å². The van der Waals surface area contributed by atoms with Crippen LogP contribution in [0.5, 0.6) is 0 Å². The van der Waals surface area contributed by atoms with Gasteiger partial charge in [-0.25, -0.2) is 0 Å². The molecule has 0 amide bonds. The maximum absolute atomic E-state index is 3.51. The van der Waals surface area contributed by atoms with Crippen LogP contribution in [0.4, 0.5) is 0 Å². The minimum Gasteiger partial charge on any atom is -0.316 e. The first-order valence-electron chi connectivity index (χ1n) is 6.76. The van der Waals surface area contributed by atoms with Crippen molar-refractivity contribution in [1.29, 1.82) is 0 Å². The van der Waals surface area contributed by atoms with Crippen LogP contribution in [0.2, 0.25) is 0 Å². The van der Waals surface area contributed by atoms with Crippen LogP contribution in [0.25, 0.3) is 0 Å². The van der Waals surface area contributed by atoms with Crippen LogP contribution >= 0.6 is 0 Å². The van der Waals surface area contributed by atoms with Gasteiger partial charge in [-0.2, -0.15) is 0 Å². The first-order valence-corrected chi connectivity index (χ1v) is 6.76. The highest BCUT2D eigenvalue weighted by Crippen LogP contribution is 2.09. The molecule has 16 heavy (non-hydrogen) atoms. The van der Waals surface area contributed by atoms with Gasteiger partial charge >= 0.3 is 0 Å². The molecule has 0 aromatic rings. The summed E-state index contributed by atoms with van der Waals surface area (Å²) in [5.41, 5.74) is 0. The molecule has 2 unspecified atom stereocenters. The van der Waals surface area contributed by atoms with Crippen LogP contribution in [0.15, 0.2) is 0 Å². The lowest BCUT2D eigenvalue weighted by Crippen LogP contribution is -2.51.